The normalized spacial score (nSPS) is 13.5. The Balaban J connectivity index is 0.974. The average molecular weight is 1430 g/mol. The van der Waals surface area contributed by atoms with Gasteiger partial charge in [-0.2, -0.15) is 0 Å². The van der Waals surface area contributed by atoms with Gasteiger partial charge >= 0.3 is 18.2 Å². The van der Waals surface area contributed by atoms with Crippen molar-refractivity contribution in [2.24, 2.45) is 23.3 Å². The van der Waals surface area contributed by atoms with E-state index in [0.29, 0.717) is 11.1 Å². The van der Waals surface area contributed by atoms with Gasteiger partial charge in [-0.3, -0.25) is 68.2 Å². The second-order valence-corrected chi connectivity index (χ2v) is 24.4. The smallest absolute Gasteiger partial charge is 0.394 e. The molecule has 0 bridgehead atoms. The molecule has 14 amide bonds. The SMILES string of the molecule is CC(C)[C@H](NC(=O)c1ccc(N2C(=O)C=CC2=O)cc1)C(=O)N[C@@H](CCCNC(N)=O)C(=O)Nc1ccccc1Cc1cc([N+](=O)[O-])ccc1OC(=O)Oc1ccc([N+](=O)[O-])cc1Cc1ccccc1NC(=O)[C@H](CCCNC(N)=O)NC(=O)[C@@H](NC(=O)c1ccc(N2C(=O)C=CC2=O)cc1)C(C)C. The van der Waals surface area contributed by atoms with Crippen molar-refractivity contribution < 1.29 is 81.6 Å². The van der Waals surface area contributed by atoms with E-state index in [0.717, 1.165) is 70.5 Å². The van der Waals surface area contributed by atoms with Crippen LogP contribution in [0.1, 0.15) is 96.3 Å². The standard InChI is InChI=1S/C71H72N14O19/c1-39(2)61(80-63(90)41-17-21-47(22-18-41)82-57(86)29-30-58(82)87)67(94)78-53(15-9-33-74-69(72)96)65(92)76-51-13-7-5-11-43(51)35-45-37-49(84(99)100)25-27-55(45)103-71(98)104-56-28-26-50(85(101)102)38-46(56)36-44-12-6-8-14-52(44)77-66(93)54(16-10-34-75-70(73)97)79-68(95)62(40(3)4)81-64(91)42-19-23-48(24-20-42)83-59(88)31-32-60(83)89/h5-8,11-14,17-32,37-40,53-54,61-62H,9-10,15-16,33-36H2,1-4H3,(H,76,92)(H,77,93)(H,78,94)(H,79,95)(H,80,90)(H,81,91)(H3,72,74,96)(H3,73,75,97)/t53-,54-,61-,62-/m0/s1. The van der Waals surface area contributed by atoms with Crippen molar-refractivity contribution in [1.82, 2.24) is 31.9 Å². The number of hydrogen-bond acceptors (Lipinski definition) is 19. The second-order valence-electron chi connectivity index (χ2n) is 24.4. The van der Waals surface area contributed by atoms with Gasteiger partial charge in [-0.15, -0.1) is 0 Å². The van der Waals surface area contributed by atoms with Gasteiger partial charge in [-0.25, -0.2) is 24.2 Å². The van der Waals surface area contributed by atoms with Gasteiger partial charge in [0.1, 0.15) is 35.7 Å². The molecule has 2 heterocycles. The number of non-ortho nitro benzene ring substituents is 2. The summed E-state index contributed by atoms with van der Waals surface area (Å²) in [6, 6.07) is 23.1. The van der Waals surface area contributed by atoms with Crippen LogP contribution in [0.2, 0.25) is 0 Å². The number of primary amides is 2. The van der Waals surface area contributed by atoms with Gasteiger partial charge in [0.2, 0.25) is 23.6 Å². The molecule has 4 atom stereocenters. The average Bonchev–Trinajstić information content (AvgIpc) is 1.66. The van der Waals surface area contributed by atoms with E-state index < -0.39 is 135 Å². The number of imide groups is 2. The van der Waals surface area contributed by atoms with Crippen LogP contribution >= 0.6 is 0 Å². The zero-order valence-corrected chi connectivity index (χ0v) is 56.3. The quantitative estimate of drug-likeness (QED) is 0.00598. The monoisotopic (exact) mass is 1420 g/mol. The van der Waals surface area contributed by atoms with Crippen molar-refractivity contribution in [3.05, 3.63) is 211 Å². The van der Waals surface area contributed by atoms with Crippen LogP contribution in [0.15, 0.2) is 158 Å². The van der Waals surface area contributed by atoms with E-state index in [1.165, 1.54) is 60.7 Å². The molecule has 8 rings (SSSR count). The number of para-hydroxylation sites is 2. The van der Waals surface area contributed by atoms with E-state index in [4.69, 9.17) is 20.9 Å². The number of ether oxygens (including phenoxy) is 2. The molecule has 0 fully saturated rings. The van der Waals surface area contributed by atoms with Gasteiger partial charge in [0.25, 0.3) is 46.8 Å². The number of carbonyl (C=O) groups excluding carboxylic acids is 13. The number of rotatable bonds is 32. The van der Waals surface area contributed by atoms with Gasteiger partial charge < -0.3 is 63.5 Å². The van der Waals surface area contributed by atoms with E-state index in [1.807, 2.05) is 0 Å². The molecule has 12 N–H and O–H groups in total. The summed E-state index contributed by atoms with van der Waals surface area (Å²) in [5.74, 6) is -8.45. The van der Waals surface area contributed by atoms with Crippen molar-refractivity contribution in [3.8, 4) is 11.5 Å². The van der Waals surface area contributed by atoms with Crippen LogP contribution in [-0.4, -0.2) is 124 Å². The van der Waals surface area contributed by atoms with Gasteiger partial charge in [0, 0.05) is 108 Å². The third kappa shape index (κ3) is 20.3. The summed E-state index contributed by atoms with van der Waals surface area (Å²) in [4.78, 5) is 195. The summed E-state index contributed by atoms with van der Waals surface area (Å²) in [7, 11) is 0. The van der Waals surface area contributed by atoms with Crippen LogP contribution in [0.5, 0.6) is 11.5 Å². The van der Waals surface area contributed by atoms with Crippen molar-refractivity contribution in [2.45, 2.75) is 90.4 Å². The van der Waals surface area contributed by atoms with Crippen molar-refractivity contribution in [2.75, 3.05) is 33.5 Å². The van der Waals surface area contributed by atoms with Crippen LogP contribution in [0.3, 0.4) is 0 Å². The molecule has 0 saturated carbocycles. The lowest BCUT2D eigenvalue weighted by Gasteiger charge is -2.26. The number of nitrogens with one attached hydrogen (secondary N) is 8. The molecule has 0 radical (unpaired) electrons. The minimum atomic E-state index is -1.42. The van der Waals surface area contributed by atoms with E-state index >= 15 is 0 Å². The fraction of sp³-hybridized carbons (Fsp3) is 0.254. The van der Waals surface area contributed by atoms with E-state index in [9.17, 15) is 82.6 Å². The Morgan fingerprint density at radius 1 is 0.452 bits per heavy atom. The minimum absolute atomic E-state index is 0.00905. The lowest BCUT2D eigenvalue weighted by atomic mass is 10.0. The van der Waals surface area contributed by atoms with Crippen LogP contribution in [0, 0.1) is 32.1 Å². The van der Waals surface area contributed by atoms with Gasteiger partial charge in [0.05, 0.1) is 21.2 Å². The van der Waals surface area contributed by atoms with E-state index in [1.54, 1.807) is 64.1 Å². The Morgan fingerprint density at radius 2 is 0.798 bits per heavy atom. The summed E-state index contributed by atoms with van der Waals surface area (Å²) in [6.07, 6.45) is 2.48. The summed E-state index contributed by atoms with van der Waals surface area (Å²) in [5.41, 5.74) is 11.1. The van der Waals surface area contributed by atoms with Crippen LogP contribution < -0.4 is 73.3 Å². The molecule has 0 unspecified atom stereocenters. The van der Waals surface area contributed by atoms with Crippen molar-refractivity contribution >= 4 is 111 Å². The molecule has 540 valence electrons. The number of hydrogen-bond donors (Lipinski definition) is 10. The first-order valence-corrected chi connectivity index (χ1v) is 32.4. The second kappa shape index (κ2) is 35.0. The fourth-order valence-electron chi connectivity index (χ4n) is 10.9. The number of carbonyl (C=O) groups is 13. The first kappa shape index (κ1) is 76.3. The highest BCUT2D eigenvalue weighted by Crippen LogP contribution is 2.33. The van der Waals surface area contributed by atoms with E-state index in [2.05, 4.69) is 42.5 Å². The maximum atomic E-state index is 14.4. The Hall–Kier alpha value is -13.5. The highest BCUT2D eigenvalue weighted by Gasteiger charge is 2.34. The minimum Gasteiger partial charge on any atom is -0.394 e. The molecule has 0 aromatic heterocycles. The summed E-state index contributed by atoms with van der Waals surface area (Å²) >= 11 is 0. The lowest BCUT2D eigenvalue weighted by molar-refractivity contribution is -0.385. The number of amides is 14. The van der Waals surface area contributed by atoms with Crippen molar-refractivity contribution in [1.29, 1.82) is 0 Å². The molecular weight excluding hydrogens is 1350 g/mol. The van der Waals surface area contributed by atoms with Crippen molar-refractivity contribution in [3.63, 3.8) is 0 Å². The predicted molar refractivity (Wildman–Crippen MR) is 374 cm³/mol. The molecule has 2 aliphatic heterocycles. The summed E-state index contributed by atoms with van der Waals surface area (Å²) in [6.45, 7) is 6.57. The fourth-order valence-corrected chi connectivity index (χ4v) is 10.9. The molecule has 2 aliphatic rings. The first-order valence-electron chi connectivity index (χ1n) is 32.4. The summed E-state index contributed by atoms with van der Waals surface area (Å²) in [5, 5.41) is 45.6. The Labute approximate surface area is 592 Å². The van der Waals surface area contributed by atoms with Crippen LogP contribution in [0.25, 0.3) is 0 Å². The third-order valence-corrected chi connectivity index (χ3v) is 16.3. The van der Waals surface area contributed by atoms with Gasteiger partial charge in [-0.05, 0) is 121 Å². The number of nitrogens with zero attached hydrogens (tertiary/aromatic N) is 4. The highest BCUT2D eigenvalue weighted by molar-refractivity contribution is 6.29. The Kier molecular flexibility index (Phi) is 25.7. The number of nitro benzene ring substituents is 2. The maximum Gasteiger partial charge on any atom is 0.519 e. The molecule has 6 aromatic rings. The van der Waals surface area contributed by atoms with Crippen LogP contribution in [0.4, 0.5) is 48.5 Å². The largest absolute Gasteiger partial charge is 0.519 e. The lowest BCUT2D eigenvalue weighted by Crippen LogP contribution is -2.54. The molecule has 0 aliphatic carbocycles. The zero-order valence-electron chi connectivity index (χ0n) is 56.3. The third-order valence-electron chi connectivity index (χ3n) is 16.3. The molecule has 0 saturated heterocycles. The molecule has 0 spiro atoms. The Bertz CT molecular complexity index is 4130. The number of benzene rings is 6. The predicted octanol–water partition coefficient (Wildman–Crippen LogP) is 5.77. The molecule has 33 nitrogen and oxygen atoms in total. The number of anilines is 4. The zero-order chi connectivity index (χ0) is 75.5. The maximum absolute atomic E-state index is 14.4. The highest BCUT2D eigenvalue weighted by atomic mass is 16.7. The first-order chi connectivity index (χ1) is 49.5. The van der Waals surface area contributed by atoms with Gasteiger partial charge in [0.15, 0.2) is 0 Å². The van der Waals surface area contributed by atoms with Crippen LogP contribution in [-0.2, 0) is 51.2 Å². The topological polar surface area (TPSA) is 481 Å². The number of nitro groups is 2. The summed E-state index contributed by atoms with van der Waals surface area (Å²) < 4.78 is 11.4. The molecule has 33 heteroatoms. The molecular formula is C71H72N14O19. The Morgan fingerprint density at radius 3 is 1.12 bits per heavy atom. The van der Waals surface area contributed by atoms with E-state index in [-0.39, 0.29) is 108 Å². The van der Waals surface area contributed by atoms with Gasteiger partial charge in [-0.1, -0.05) is 64.1 Å². The molecule has 6 aromatic carbocycles. The molecule has 104 heavy (non-hydrogen) atoms. The number of urea groups is 2. The number of nitrogens with two attached hydrogens (primary N) is 2.